The van der Waals surface area contributed by atoms with Crippen LogP contribution in [0.1, 0.15) is 18.6 Å². The van der Waals surface area contributed by atoms with Crippen LogP contribution in [0.5, 0.6) is 5.75 Å². The molecule has 0 aliphatic carbocycles. The van der Waals surface area contributed by atoms with Gasteiger partial charge in [-0.1, -0.05) is 12.1 Å². The Labute approximate surface area is 122 Å². The highest BCUT2D eigenvalue weighted by Gasteiger charge is 2.44. The van der Waals surface area contributed by atoms with Crippen molar-refractivity contribution in [2.24, 2.45) is 0 Å². The van der Waals surface area contributed by atoms with Crippen LogP contribution in [0.25, 0.3) is 0 Å². The summed E-state index contributed by atoms with van der Waals surface area (Å²) in [7, 11) is 0. The Balaban J connectivity index is 2.07. The molecule has 0 radical (unpaired) electrons. The Morgan fingerprint density at radius 1 is 1.19 bits per heavy atom. The van der Waals surface area contributed by atoms with Gasteiger partial charge in [-0.3, -0.25) is 0 Å². The van der Waals surface area contributed by atoms with E-state index >= 15 is 0 Å². The second kappa shape index (κ2) is 6.69. The first-order valence-electron chi connectivity index (χ1n) is 6.69. The van der Waals surface area contributed by atoms with E-state index < -0.39 is 43.4 Å². The molecule has 1 aliphatic heterocycles. The van der Waals surface area contributed by atoms with Gasteiger partial charge in [0.2, 0.25) is 0 Å². The zero-order valence-corrected chi connectivity index (χ0v) is 11.5. The van der Waals surface area contributed by atoms with Crippen molar-refractivity contribution >= 4 is 0 Å². The minimum absolute atomic E-state index is 0.0803. The summed E-state index contributed by atoms with van der Waals surface area (Å²) in [4.78, 5) is 0. The number of phenolic OH excluding ortho intramolecular Hbond substituents is 1. The maximum Gasteiger partial charge on any atom is 0.187 e. The molecule has 6 atom stereocenters. The molecular weight excluding hydrogens is 280 g/mol. The van der Waals surface area contributed by atoms with Crippen LogP contribution < -0.4 is 0 Å². The molecule has 118 valence electrons. The highest BCUT2D eigenvalue weighted by Crippen LogP contribution is 2.28. The largest absolute Gasteiger partial charge is 0.508 e. The Kier molecular flexibility index (Phi) is 5.15. The predicted molar refractivity (Wildman–Crippen MR) is 71.4 cm³/mol. The SMILES string of the molecule is C[C@@H](O[C@H]1O[C@@H](CO)[C@H](O)[C@H](O)[C@H]1O)c1cccc(O)c1. The predicted octanol–water partition coefficient (Wildman–Crippen LogP) is -0.730. The summed E-state index contributed by atoms with van der Waals surface area (Å²) in [5, 5.41) is 47.8. The number of phenols is 1. The van der Waals surface area contributed by atoms with Crippen molar-refractivity contribution in [1.29, 1.82) is 0 Å². The van der Waals surface area contributed by atoms with Crippen molar-refractivity contribution in [3.05, 3.63) is 29.8 Å². The van der Waals surface area contributed by atoms with Gasteiger partial charge in [0.25, 0.3) is 0 Å². The van der Waals surface area contributed by atoms with Gasteiger partial charge in [0.1, 0.15) is 30.2 Å². The van der Waals surface area contributed by atoms with E-state index in [1.165, 1.54) is 12.1 Å². The minimum atomic E-state index is -1.47. The van der Waals surface area contributed by atoms with Crippen LogP contribution >= 0.6 is 0 Å². The number of rotatable bonds is 4. The summed E-state index contributed by atoms with van der Waals surface area (Å²) in [6, 6.07) is 6.41. The summed E-state index contributed by atoms with van der Waals surface area (Å²) in [6.07, 6.45) is -7.07. The van der Waals surface area contributed by atoms with Crippen LogP contribution in [-0.2, 0) is 9.47 Å². The lowest BCUT2D eigenvalue weighted by Crippen LogP contribution is -2.59. The number of hydrogen-bond donors (Lipinski definition) is 5. The van der Waals surface area contributed by atoms with E-state index in [-0.39, 0.29) is 5.75 Å². The Hall–Kier alpha value is -1.22. The van der Waals surface area contributed by atoms with Crippen molar-refractivity contribution in [3.8, 4) is 5.75 Å². The summed E-state index contributed by atoms with van der Waals surface area (Å²) < 4.78 is 10.8. The normalized spacial score (nSPS) is 34.6. The molecule has 1 aliphatic rings. The lowest BCUT2D eigenvalue weighted by atomic mass is 9.99. The number of hydrogen-bond acceptors (Lipinski definition) is 7. The van der Waals surface area contributed by atoms with Gasteiger partial charge in [-0.2, -0.15) is 0 Å². The van der Waals surface area contributed by atoms with Crippen molar-refractivity contribution in [1.82, 2.24) is 0 Å². The second-order valence-electron chi connectivity index (χ2n) is 5.07. The zero-order chi connectivity index (χ0) is 15.6. The number of aromatic hydroxyl groups is 1. The molecule has 2 rings (SSSR count). The topological polar surface area (TPSA) is 120 Å². The average molecular weight is 300 g/mol. The van der Waals surface area contributed by atoms with Crippen LogP contribution in [0.3, 0.4) is 0 Å². The molecular formula is C14H20O7. The van der Waals surface area contributed by atoms with Gasteiger partial charge in [0.15, 0.2) is 6.29 Å². The van der Waals surface area contributed by atoms with E-state index in [1.54, 1.807) is 19.1 Å². The molecule has 21 heavy (non-hydrogen) atoms. The van der Waals surface area contributed by atoms with Crippen LogP contribution in [0.15, 0.2) is 24.3 Å². The van der Waals surface area contributed by atoms with Gasteiger partial charge in [-0.15, -0.1) is 0 Å². The molecule has 1 saturated heterocycles. The van der Waals surface area contributed by atoms with Gasteiger partial charge < -0.3 is 35.0 Å². The number of benzene rings is 1. The summed E-state index contributed by atoms with van der Waals surface area (Å²) in [5.41, 5.74) is 0.659. The van der Waals surface area contributed by atoms with Gasteiger partial charge in [-0.05, 0) is 24.6 Å². The zero-order valence-electron chi connectivity index (χ0n) is 11.5. The fraction of sp³-hybridized carbons (Fsp3) is 0.571. The summed E-state index contributed by atoms with van der Waals surface area (Å²) in [6.45, 7) is 1.18. The molecule has 0 aromatic heterocycles. The lowest BCUT2D eigenvalue weighted by molar-refractivity contribution is -0.311. The number of ether oxygens (including phenoxy) is 2. The van der Waals surface area contributed by atoms with Crippen molar-refractivity contribution < 1.29 is 35.0 Å². The van der Waals surface area contributed by atoms with Gasteiger partial charge >= 0.3 is 0 Å². The Bertz CT molecular complexity index is 464. The molecule has 7 heteroatoms. The fourth-order valence-corrected chi connectivity index (χ4v) is 2.24. The van der Waals surface area contributed by atoms with Crippen LogP contribution in [0.4, 0.5) is 0 Å². The molecule has 1 fully saturated rings. The monoisotopic (exact) mass is 300 g/mol. The van der Waals surface area contributed by atoms with Gasteiger partial charge in [0, 0.05) is 0 Å². The van der Waals surface area contributed by atoms with E-state index in [4.69, 9.17) is 14.6 Å². The standard InChI is InChI=1S/C14H20O7/c1-7(8-3-2-4-9(16)5-8)20-14-13(19)12(18)11(17)10(6-15)21-14/h2-5,7,10-19H,6H2,1H3/t7-,10+,11+,12+,13-,14+/m1/s1. The fourth-order valence-electron chi connectivity index (χ4n) is 2.24. The first-order valence-corrected chi connectivity index (χ1v) is 6.69. The van der Waals surface area contributed by atoms with E-state index in [0.29, 0.717) is 5.56 Å². The molecule has 0 bridgehead atoms. The molecule has 0 amide bonds. The third kappa shape index (κ3) is 3.52. The van der Waals surface area contributed by atoms with E-state index in [9.17, 15) is 20.4 Å². The van der Waals surface area contributed by atoms with Gasteiger partial charge in [-0.25, -0.2) is 0 Å². The van der Waals surface area contributed by atoms with E-state index in [1.807, 2.05) is 0 Å². The van der Waals surface area contributed by atoms with Crippen molar-refractivity contribution in [3.63, 3.8) is 0 Å². The maximum atomic E-state index is 9.88. The quantitative estimate of drug-likeness (QED) is 0.497. The highest BCUT2D eigenvalue weighted by molar-refractivity contribution is 5.28. The molecule has 7 nitrogen and oxygen atoms in total. The first-order chi connectivity index (χ1) is 9.93. The van der Waals surface area contributed by atoms with Crippen LogP contribution in [0.2, 0.25) is 0 Å². The van der Waals surface area contributed by atoms with Crippen molar-refractivity contribution in [2.45, 2.75) is 43.7 Å². The molecule has 1 heterocycles. The third-order valence-electron chi connectivity index (χ3n) is 3.53. The molecule has 0 unspecified atom stereocenters. The summed E-state index contributed by atoms with van der Waals surface area (Å²) in [5.74, 6) is 0.0803. The Morgan fingerprint density at radius 2 is 1.90 bits per heavy atom. The maximum absolute atomic E-state index is 9.88. The van der Waals surface area contributed by atoms with Crippen molar-refractivity contribution in [2.75, 3.05) is 6.61 Å². The number of aliphatic hydroxyl groups is 4. The smallest absolute Gasteiger partial charge is 0.187 e. The summed E-state index contributed by atoms with van der Waals surface area (Å²) >= 11 is 0. The highest BCUT2D eigenvalue weighted by atomic mass is 16.7. The second-order valence-corrected chi connectivity index (χ2v) is 5.07. The third-order valence-corrected chi connectivity index (χ3v) is 3.53. The molecule has 1 aromatic rings. The molecule has 0 spiro atoms. The lowest BCUT2D eigenvalue weighted by Gasteiger charge is -2.40. The van der Waals surface area contributed by atoms with Crippen LogP contribution in [0, 0.1) is 0 Å². The first kappa shape index (κ1) is 16.2. The average Bonchev–Trinajstić information content (AvgIpc) is 2.47. The van der Waals surface area contributed by atoms with Gasteiger partial charge in [0.05, 0.1) is 12.7 Å². The van der Waals surface area contributed by atoms with Crippen LogP contribution in [-0.4, -0.2) is 62.8 Å². The number of aliphatic hydroxyl groups excluding tert-OH is 4. The molecule has 1 aromatic carbocycles. The molecule has 0 saturated carbocycles. The van der Waals surface area contributed by atoms with E-state index in [2.05, 4.69) is 0 Å². The Morgan fingerprint density at radius 3 is 2.52 bits per heavy atom. The van der Waals surface area contributed by atoms with E-state index in [0.717, 1.165) is 0 Å². The minimum Gasteiger partial charge on any atom is -0.508 e. The molecule has 5 N–H and O–H groups in total.